The van der Waals surface area contributed by atoms with Crippen LogP contribution < -0.4 is 9.47 Å². The van der Waals surface area contributed by atoms with E-state index in [2.05, 4.69) is 11.0 Å². The highest BCUT2D eigenvalue weighted by atomic mass is 16.7. The summed E-state index contributed by atoms with van der Waals surface area (Å²) in [4.78, 5) is 29.6. The van der Waals surface area contributed by atoms with Crippen molar-refractivity contribution in [1.82, 2.24) is 4.90 Å². The van der Waals surface area contributed by atoms with Crippen LogP contribution in [0.2, 0.25) is 0 Å². The number of rotatable bonds is 14. The molecule has 2 aromatic rings. The molecule has 2 unspecified atom stereocenters. The number of methoxy groups -OCH3 is 1. The van der Waals surface area contributed by atoms with Crippen LogP contribution in [0, 0.1) is 0 Å². The van der Waals surface area contributed by atoms with E-state index in [-0.39, 0.29) is 38.8 Å². The van der Waals surface area contributed by atoms with Gasteiger partial charge in [-0.15, -0.1) is 0 Å². The minimum Gasteiger partial charge on any atom is -0.497 e. The molecular formula is C37H47NO10. The van der Waals surface area contributed by atoms with Gasteiger partial charge in [0.15, 0.2) is 23.2 Å². The molecule has 1 aliphatic carbocycles. The quantitative estimate of drug-likeness (QED) is 0.223. The lowest BCUT2D eigenvalue weighted by Crippen LogP contribution is -2.49. The van der Waals surface area contributed by atoms with E-state index in [1.54, 1.807) is 21.0 Å². The predicted octanol–water partition coefficient (Wildman–Crippen LogP) is 4.17. The van der Waals surface area contributed by atoms with Gasteiger partial charge in [-0.3, -0.25) is 9.69 Å². The van der Waals surface area contributed by atoms with Crippen molar-refractivity contribution in [3.05, 3.63) is 71.0 Å². The Kier molecular flexibility index (Phi) is 10.0. The summed E-state index contributed by atoms with van der Waals surface area (Å²) >= 11 is 0. The number of fused-ring (bicyclic) bond motifs is 3. The summed E-state index contributed by atoms with van der Waals surface area (Å²) in [7, 11) is 1.56. The minimum atomic E-state index is -2.19. The summed E-state index contributed by atoms with van der Waals surface area (Å²) in [6.07, 6.45) is 3.71. The summed E-state index contributed by atoms with van der Waals surface area (Å²) < 4.78 is 34.6. The number of aliphatic hydroxyl groups is 2. The highest BCUT2D eigenvalue weighted by Gasteiger charge is 2.59. The van der Waals surface area contributed by atoms with Gasteiger partial charge in [-0.1, -0.05) is 30.3 Å². The molecule has 3 heterocycles. The van der Waals surface area contributed by atoms with Crippen LogP contribution in [-0.4, -0.2) is 90.1 Å². The van der Waals surface area contributed by atoms with Crippen LogP contribution in [0.1, 0.15) is 75.0 Å². The predicted molar refractivity (Wildman–Crippen MR) is 174 cm³/mol. The second-order valence-corrected chi connectivity index (χ2v) is 13.9. The van der Waals surface area contributed by atoms with Crippen LogP contribution in [0.4, 0.5) is 0 Å². The highest BCUT2D eigenvalue weighted by Crippen LogP contribution is 2.55. The number of hydrogen-bond acceptors (Lipinski definition) is 11. The molecule has 1 saturated heterocycles. The summed E-state index contributed by atoms with van der Waals surface area (Å²) in [5.74, 6) is -0.174. The van der Waals surface area contributed by atoms with Crippen molar-refractivity contribution in [2.75, 3.05) is 40.2 Å². The molecule has 48 heavy (non-hydrogen) atoms. The van der Waals surface area contributed by atoms with Gasteiger partial charge in [0.2, 0.25) is 6.79 Å². The third-order valence-corrected chi connectivity index (χ3v) is 10.00. The van der Waals surface area contributed by atoms with Gasteiger partial charge >= 0.3 is 11.9 Å². The molecule has 260 valence electrons. The number of benzene rings is 2. The largest absolute Gasteiger partial charge is 0.497 e. The van der Waals surface area contributed by atoms with E-state index in [1.807, 2.05) is 42.5 Å². The Labute approximate surface area is 281 Å². The number of carbonyl (C=O) groups excluding carboxylic acids is 2. The number of carbonyl (C=O) groups is 2. The molecule has 0 saturated carbocycles. The van der Waals surface area contributed by atoms with Gasteiger partial charge in [0.05, 0.1) is 43.8 Å². The fourth-order valence-corrected chi connectivity index (χ4v) is 7.66. The third-order valence-electron chi connectivity index (χ3n) is 10.00. The average Bonchev–Trinajstić information content (AvgIpc) is 3.74. The van der Waals surface area contributed by atoms with Gasteiger partial charge in [-0.2, -0.15) is 0 Å². The van der Waals surface area contributed by atoms with Gasteiger partial charge in [0, 0.05) is 6.54 Å². The maximum absolute atomic E-state index is 14.1. The summed E-state index contributed by atoms with van der Waals surface area (Å²) in [6.45, 7) is 5.67. The second kappa shape index (κ2) is 14.1. The normalized spacial score (nSPS) is 24.1. The zero-order valence-electron chi connectivity index (χ0n) is 28.1. The molecule has 11 nitrogen and oxygen atoms in total. The molecule has 2 aromatic carbocycles. The molecule has 6 rings (SSSR count). The molecule has 11 heteroatoms. The fourth-order valence-electron chi connectivity index (χ4n) is 7.66. The first kappa shape index (κ1) is 34.2. The molecule has 2 N–H and O–H groups in total. The standard InChI is InChI=1S/C37H47NO10/c1-35(2,41)12-7-14-37(42,22-31(39)45-18-17-44-23-25-9-5-4-6-10-25)34(40)48-33-30(43-3)21-36-13-8-15-38(36)16-11-26-19-28-29(47-24-46-28)20-27(26)32(33)36/h4-6,9-10,19-21,32-33,41-42H,7-8,11-18,22-24H2,1-3H3/t32-,33?,36?,37-/m1/s1. The van der Waals surface area contributed by atoms with Gasteiger partial charge in [0.25, 0.3) is 0 Å². The Morgan fingerprint density at radius 2 is 1.81 bits per heavy atom. The number of esters is 2. The zero-order chi connectivity index (χ0) is 33.9. The lowest BCUT2D eigenvalue weighted by Gasteiger charge is -2.39. The van der Waals surface area contributed by atoms with Crippen molar-refractivity contribution < 1.29 is 48.2 Å². The van der Waals surface area contributed by atoms with Crippen LogP contribution in [0.25, 0.3) is 0 Å². The first-order valence-electron chi connectivity index (χ1n) is 16.9. The minimum absolute atomic E-state index is 0.0348. The molecule has 4 atom stereocenters. The summed E-state index contributed by atoms with van der Waals surface area (Å²) in [5.41, 5.74) is -0.596. The Bertz CT molecular complexity index is 1500. The van der Waals surface area contributed by atoms with Crippen LogP contribution in [0.15, 0.2) is 54.3 Å². The van der Waals surface area contributed by atoms with Crippen molar-refractivity contribution in [2.24, 2.45) is 0 Å². The maximum atomic E-state index is 14.1. The fraction of sp³-hybridized carbons (Fsp3) is 0.568. The number of ether oxygens (including phenoxy) is 6. The van der Waals surface area contributed by atoms with Crippen molar-refractivity contribution in [2.45, 2.75) is 94.2 Å². The molecule has 0 radical (unpaired) electrons. The van der Waals surface area contributed by atoms with Crippen LogP contribution >= 0.6 is 0 Å². The molecular weight excluding hydrogens is 618 g/mol. The third kappa shape index (κ3) is 7.19. The first-order chi connectivity index (χ1) is 23.0. The number of hydrogen-bond donors (Lipinski definition) is 2. The number of nitrogens with zero attached hydrogens (tertiary/aromatic N) is 1. The molecule has 3 aliphatic heterocycles. The van der Waals surface area contributed by atoms with Crippen LogP contribution in [0.3, 0.4) is 0 Å². The smallest absolute Gasteiger partial charge is 0.339 e. The van der Waals surface area contributed by atoms with E-state index in [4.69, 9.17) is 28.4 Å². The summed E-state index contributed by atoms with van der Waals surface area (Å²) in [6, 6.07) is 13.6. The molecule has 0 aromatic heterocycles. The van der Waals surface area contributed by atoms with Gasteiger partial charge in [-0.25, -0.2) is 4.79 Å². The van der Waals surface area contributed by atoms with E-state index in [9.17, 15) is 19.8 Å². The Balaban J connectivity index is 1.21. The highest BCUT2D eigenvalue weighted by molar-refractivity contribution is 5.86. The molecule has 1 spiro atoms. The van der Waals surface area contributed by atoms with Gasteiger partial charge < -0.3 is 38.6 Å². The SMILES string of the molecule is COC1=CC23CCCN2CCc2cc4c(cc2[C@@H]3C1OC(=O)[C@@](O)(CCCC(C)(C)O)CC(=O)OCCOCc1ccccc1)OCO4. The topological polar surface area (TPSA) is 133 Å². The Morgan fingerprint density at radius 3 is 2.56 bits per heavy atom. The second-order valence-electron chi connectivity index (χ2n) is 13.9. The van der Waals surface area contributed by atoms with Crippen LogP contribution in [-0.2, 0) is 41.6 Å². The van der Waals surface area contributed by atoms with E-state index in [0.717, 1.165) is 49.0 Å². The lowest BCUT2D eigenvalue weighted by atomic mass is 9.77. The van der Waals surface area contributed by atoms with E-state index >= 15 is 0 Å². The van der Waals surface area contributed by atoms with E-state index in [1.165, 1.54) is 0 Å². The van der Waals surface area contributed by atoms with Crippen LogP contribution in [0.5, 0.6) is 11.5 Å². The van der Waals surface area contributed by atoms with Gasteiger partial charge in [-0.05, 0) is 93.8 Å². The lowest BCUT2D eigenvalue weighted by molar-refractivity contribution is -0.179. The monoisotopic (exact) mass is 665 g/mol. The molecule has 0 bridgehead atoms. The molecule has 1 fully saturated rings. The van der Waals surface area contributed by atoms with Crippen molar-refractivity contribution in [1.29, 1.82) is 0 Å². The van der Waals surface area contributed by atoms with Crippen molar-refractivity contribution in [3.8, 4) is 11.5 Å². The van der Waals surface area contributed by atoms with E-state index in [0.29, 0.717) is 30.3 Å². The Hall–Kier alpha value is -3.64. The van der Waals surface area contributed by atoms with Gasteiger partial charge in [0.1, 0.15) is 12.4 Å². The van der Waals surface area contributed by atoms with E-state index < -0.39 is 41.2 Å². The van der Waals surface area contributed by atoms with Crippen molar-refractivity contribution >= 4 is 11.9 Å². The average molecular weight is 666 g/mol. The Morgan fingerprint density at radius 1 is 1.04 bits per heavy atom. The molecule has 0 amide bonds. The van der Waals surface area contributed by atoms with Crippen molar-refractivity contribution in [3.63, 3.8) is 0 Å². The maximum Gasteiger partial charge on any atom is 0.339 e. The first-order valence-corrected chi connectivity index (χ1v) is 16.9. The summed E-state index contributed by atoms with van der Waals surface area (Å²) in [5, 5.41) is 22.2. The molecule has 4 aliphatic rings. The zero-order valence-corrected chi connectivity index (χ0v) is 28.1.